The molecule has 0 saturated heterocycles. The summed E-state index contributed by atoms with van der Waals surface area (Å²) in [5, 5.41) is 0. The molecule has 0 bridgehead atoms. The minimum atomic E-state index is -1.93. The van der Waals surface area contributed by atoms with Crippen molar-refractivity contribution in [3.8, 4) is 0 Å². The molecule has 0 N–H and O–H groups in total. The molecule has 0 aromatic carbocycles. The van der Waals surface area contributed by atoms with E-state index in [4.69, 9.17) is 0 Å². The Morgan fingerprint density at radius 1 is 1.38 bits per heavy atom. The first-order chi connectivity index (χ1) is 3.81. The first kappa shape index (κ1) is 8.60. The molecular weight excluding hydrogens is 207 g/mol. The van der Waals surface area contributed by atoms with E-state index in [9.17, 15) is 3.08 Å². The molecule has 0 aromatic rings. The second-order valence-electron chi connectivity index (χ2n) is 2.00. The zero-order valence-electron chi connectivity index (χ0n) is 5.74. The van der Waals surface area contributed by atoms with Gasteiger partial charge in [0.15, 0.2) is 0 Å². The second kappa shape index (κ2) is 5.73. The molecule has 0 aliphatic rings. The summed E-state index contributed by atoms with van der Waals surface area (Å²) < 4.78 is 12.9. The molecule has 0 rings (SSSR count). The van der Waals surface area contributed by atoms with Crippen LogP contribution in [0.2, 0.25) is 8.87 Å². The van der Waals surface area contributed by atoms with Gasteiger partial charge >= 0.3 is 58.4 Å². The van der Waals surface area contributed by atoms with Crippen LogP contribution in [-0.2, 0) is 3.08 Å². The van der Waals surface area contributed by atoms with Crippen LogP contribution in [0.4, 0.5) is 0 Å². The van der Waals surface area contributed by atoms with E-state index in [-0.39, 0.29) is 0 Å². The van der Waals surface area contributed by atoms with E-state index in [1.165, 1.54) is 12.8 Å². The van der Waals surface area contributed by atoms with Crippen LogP contribution in [0.1, 0.15) is 26.7 Å². The molecule has 0 fully saturated rings. The number of unbranched alkanes of at least 4 members (excludes halogenated alkanes) is 1. The molecule has 8 heavy (non-hydrogen) atoms. The van der Waals surface area contributed by atoms with E-state index in [0.29, 0.717) is 0 Å². The van der Waals surface area contributed by atoms with E-state index in [1.807, 2.05) is 6.92 Å². The quantitative estimate of drug-likeness (QED) is 0.665. The van der Waals surface area contributed by atoms with Crippen LogP contribution in [0.25, 0.3) is 0 Å². The van der Waals surface area contributed by atoms with Gasteiger partial charge in [0.2, 0.25) is 0 Å². The van der Waals surface area contributed by atoms with Crippen LogP contribution in [0.5, 0.6) is 0 Å². The Hall–Kier alpha value is 0.599. The molecular formula is C6H14OSn. The summed E-state index contributed by atoms with van der Waals surface area (Å²) >= 11 is -1.93. The Balaban J connectivity index is 2.99. The van der Waals surface area contributed by atoms with Crippen molar-refractivity contribution >= 4 is 19.7 Å². The molecule has 0 aliphatic heterocycles. The van der Waals surface area contributed by atoms with Crippen LogP contribution < -0.4 is 0 Å². The van der Waals surface area contributed by atoms with E-state index in [2.05, 4.69) is 6.92 Å². The average molecular weight is 221 g/mol. The monoisotopic (exact) mass is 222 g/mol. The second-order valence-corrected chi connectivity index (χ2v) is 8.52. The van der Waals surface area contributed by atoms with Gasteiger partial charge in [-0.2, -0.15) is 0 Å². The van der Waals surface area contributed by atoms with E-state index in [0.717, 1.165) is 8.87 Å². The predicted octanol–water partition coefficient (Wildman–Crippen LogP) is 2.23. The molecule has 0 aromatic heterocycles. The standard InChI is InChI=1S/C4H9.C2H5.O.Sn/c1-3-4-2;1-2;;/h1,3-4H2,2H3;1H2,2H3;;. The zero-order chi connectivity index (χ0) is 6.41. The van der Waals surface area contributed by atoms with Gasteiger partial charge in [0, 0.05) is 0 Å². The van der Waals surface area contributed by atoms with Crippen molar-refractivity contribution in [3.63, 3.8) is 0 Å². The number of rotatable bonds is 4. The van der Waals surface area contributed by atoms with Crippen LogP contribution in [0, 0.1) is 0 Å². The summed E-state index contributed by atoms with van der Waals surface area (Å²) in [5.74, 6) is 0. The van der Waals surface area contributed by atoms with Crippen molar-refractivity contribution in [1.29, 1.82) is 0 Å². The molecule has 2 heteroatoms. The zero-order valence-corrected chi connectivity index (χ0v) is 8.59. The van der Waals surface area contributed by atoms with Crippen molar-refractivity contribution in [1.82, 2.24) is 0 Å². The number of hydrogen-bond acceptors (Lipinski definition) is 1. The molecule has 0 unspecified atom stereocenters. The van der Waals surface area contributed by atoms with Crippen molar-refractivity contribution in [2.75, 3.05) is 0 Å². The molecule has 1 nitrogen and oxygen atoms in total. The van der Waals surface area contributed by atoms with Crippen LogP contribution in [0.3, 0.4) is 0 Å². The topological polar surface area (TPSA) is 17.1 Å². The molecule has 0 heterocycles. The van der Waals surface area contributed by atoms with Crippen LogP contribution in [-0.4, -0.2) is 19.7 Å². The van der Waals surface area contributed by atoms with Crippen molar-refractivity contribution < 1.29 is 3.08 Å². The molecule has 48 valence electrons. The molecule has 0 atom stereocenters. The van der Waals surface area contributed by atoms with Crippen LogP contribution >= 0.6 is 0 Å². The van der Waals surface area contributed by atoms with Crippen molar-refractivity contribution in [3.05, 3.63) is 0 Å². The van der Waals surface area contributed by atoms with Gasteiger partial charge in [-0.25, -0.2) is 0 Å². The third kappa shape index (κ3) is 4.75. The Labute approximate surface area is 58.6 Å². The SMILES string of the molecule is CCC[CH2][Sn](=[O])[CH2]C. The summed E-state index contributed by atoms with van der Waals surface area (Å²) in [4.78, 5) is 0. The van der Waals surface area contributed by atoms with Crippen LogP contribution in [0.15, 0.2) is 0 Å². The van der Waals surface area contributed by atoms with Gasteiger partial charge in [-0.05, 0) is 0 Å². The first-order valence-corrected chi connectivity index (χ1v) is 8.53. The average Bonchev–Trinajstić information content (AvgIpc) is 1.83. The molecule has 0 aliphatic carbocycles. The fourth-order valence-electron chi connectivity index (χ4n) is 0.551. The van der Waals surface area contributed by atoms with E-state index in [1.54, 1.807) is 0 Å². The van der Waals surface area contributed by atoms with E-state index < -0.39 is 19.7 Å². The fourth-order valence-corrected chi connectivity index (χ4v) is 3.69. The Kier molecular flexibility index (Phi) is 6.16. The Morgan fingerprint density at radius 3 is 2.38 bits per heavy atom. The van der Waals surface area contributed by atoms with Gasteiger partial charge < -0.3 is 0 Å². The van der Waals surface area contributed by atoms with Gasteiger partial charge in [0.1, 0.15) is 0 Å². The Bertz CT molecular complexity index is 70.9. The third-order valence-electron chi connectivity index (χ3n) is 1.20. The van der Waals surface area contributed by atoms with Gasteiger partial charge in [-0.3, -0.25) is 0 Å². The summed E-state index contributed by atoms with van der Waals surface area (Å²) in [5.41, 5.74) is 0. The summed E-state index contributed by atoms with van der Waals surface area (Å²) in [6, 6.07) is 0. The third-order valence-corrected chi connectivity index (χ3v) is 6.06. The summed E-state index contributed by atoms with van der Waals surface area (Å²) in [6.07, 6.45) is 2.39. The van der Waals surface area contributed by atoms with Crippen molar-refractivity contribution in [2.24, 2.45) is 0 Å². The van der Waals surface area contributed by atoms with Gasteiger partial charge in [-0.15, -0.1) is 0 Å². The fraction of sp³-hybridized carbons (Fsp3) is 1.00. The molecule has 0 spiro atoms. The predicted molar refractivity (Wildman–Crippen MR) is 36.6 cm³/mol. The summed E-state index contributed by atoms with van der Waals surface area (Å²) in [7, 11) is 0. The summed E-state index contributed by atoms with van der Waals surface area (Å²) in [6.45, 7) is 4.18. The van der Waals surface area contributed by atoms with Gasteiger partial charge in [0.25, 0.3) is 0 Å². The maximum atomic E-state index is 10.9. The van der Waals surface area contributed by atoms with Gasteiger partial charge in [-0.1, -0.05) is 0 Å². The molecule has 0 amide bonds. The number of hydrogen-bond donors (Lipinski definition) is 0. The van der Waals surface area contributed by atoms with Crippen molar-refractivity contribution in [2.45, 2.75) is 35.6 Å². The Morgan fingerprint density at radius 2 is 2.00 bits per heavy atom. The molecule has 0 radical (unpaired) electrons. The van der Waals surface area contributed by atoms with Gasteiger partial charge in [0.05, 0.1) is 0 Å². The normalized spacial score (nSPS) is 9.25. The minimum absolute atomic E-state index is 0.988. The maximum absolute atomic E-state index is 10.9. The molecule has 0 saturated carbocycles. The first-order valence-electron chi connectivity index (χ1n) is 3.33. The van der Waals surface area contributed by atoms with E-state index >= 15 is 0 Å².